The fraction of sp³-hybridized carbons (Fsp3) is 0.533. The molecule has 0 N–H and O–H groups in total. The van der Waals surface area contributed by atoms with E-state index < -0.39 is 11.7 Å². The van der Waals surface area contributed by atoms with E-state index in [1.165, 1.54) is 0 Å². The van der Waals surface area contributed by atoms with Gasteiger partial charge in [0.25, 0.3) is 0 Å². The lowest BCUT2D eigenvalue weighted by Crippen LogP contribution is -2.42. The molecule has 0 unspecified atom stereocenters. The van der Waals surface area contributed by atoms with Crippen molar-refractivity contribution in [2.45, 2.75) is 38.9 Å². The van der Waals surface area contributed by atoms with Crippen LogP contribution >= 0.6 is 0 Å². The first-order chi connectivity index (χ1) is 9.02. The number of Topliss-reactive ketones (excluding diaryl/α,β-unsaturated/α-hetero) is 1. The summed E-state index contributed by atoms with van der Waals surface area (Å²) in [5.74, 6) is 1.44. The van der Waals surface area contributed by atoms with Gasteiger partial charge in [-0.2, -0.15) is 0 Å². The number of ether oxygens (including phenoxy) is 3. The Morgan fingerprint density at radius 1 is 1.53 bits per heavy atom. The van der Waals surface area contributed by atoms with E-state index in [2.05, 4.69) is 0 Å². The molecule has 1 aliphatic heterocycles. The van der Waals surface area contributed by atoms with E-state index in [0.29, 0.717) is 24.5 Å². The Balaban J connectivity index is 2.54. The van der Waals surface area contributed by atoms with Crippen molar-refractivity contribution in [1.29, 1.82) is 0 Å². The fourth-order valence-electron chi connectivity index (χ4n) is 2.54. The Labute approximate surface area is 113 Å². The van der Waals surface area contributed by atoms with Crippen molar-refractivity contribution < 1.29 is 19.0 Å². The molecule has 0 saturated heterocycles. The molecular weight excluding hydrogens is 244 g/mol. The summed E-state index contributed by atoms with van der Waals surface area (Å²) in [7, 11) is 1.60. The third-order valence-corrected chi connectivity index (χ3v) is 3.72. The topological polar surface area (TPSA) is 44.8 Å². The highest BCUT2D eigenvalue weighted by Gasteiger charge is 2.44. The van der Waals surface area contributed by atoms with Gasteiger partial charge in [0.2, 0.25) is 6.29 Å². The van der Waals surface area contributed by atoms with Crippen molar-refractivity contribution in [2.24, 2.45) is 0 Å². The second-order valence-corrected chi connectivity index (χ2v) is 4.93. The number of hydrogen-bond acceptors (Lipinski definition) is 4. The quantitative estimate of drug-likeness (QED) is 0.838. The zero-order chi connectivity index (χ0) is 14.0. The summed E-state index contributed by atoms with van der Waals surface area (Å²) in [6, 6.07) is 5.56. The standard InChI is InChI=1S/C15H20O4/c1-5-18-13-9-15(3,10(2)16)14-11(17-4)7-6-8-12(14)19-13/h6-8,13H,5,9H2,1-4H3/t13-,15-/m0/s1. The van der Waals surface area contributed by atoms with Crippen molar-refractivity contribution >= 4 is 5.78 Å². The maximum absolute atomic E-state index is 12.1. The Morgan fingerprint density at radius 2 is 2.26 bits per heavy atom. The Bertz CT molecular complexity index is 483. The summed E-state index contributed by atoms with van der Waals surface area (Å²) >= 11 is 0. The van der Waals surface area contributed by atoms with Gasteiger partial charge in [0.15, 0.2) is 0 Å². The first kappa shape index (κ1) is 13.9. The molecule has 4 nitrogen and oxygen atoms in total. The van der Waals surface area contributed by atoms with E-state index in [4.69, 9.17) is 14.2 Å². The Hall–Kier alpha value is -1.55. The van der Waals surface area contributed by atoms with Gasteiger partial charge in [-0.1, -0.05) is 6.07 Å². The molecule has 0 fully saturated rings. The molecule has 104 valence electrons. The van der Waals surface area contributed by atoms with Crippen LogP contribution in [0.3, 0.4) is 0 Å². The van der Waals surface area contributed by atoms with Crippen molar-refractivity contribution in [3.8, 4) is 11.5 Å². The van der Waals surface area contributed by atoms with Crippen LogP contribution in [0.15, 0.2) is 18.2 Å². The summed E-state index contributed by atoms with van der Waals surface area (Å²) < 4.78 is 16.7. The van der Waals surface area contributed by atoms with Crippen molar-refractivity contribution in [3.63, 3.8) is 0 Å². The SMILES string of the molecule is CCO[C@@H]1C[C@@](C)(C(C)=O)c2c(OC)cccc2O1. The minimum Gasteiger partial charge on any atom is -0.496 e. The molecule has 1 aromatic rings. The van der Waals surface area contributed by atoms with E-state index >= 15 is 0 Å². The lowest BCUT2D eigenvalue weighted by atomic mass is 9.74. The first-order valence-corrected chi connectivity index (χ1v) is 6.49. The summed E-state index contributed by atoms with van der Waals surface area (Å²) in [6.45, 7) is 5.99. The maximum Gasteiger partial charge on any atom is 0.201 e. The van der Waals surface area contributed by atoms with E-state index in [0.717, 1.165) is 5.56 Å². The van der Waals surface area contributed by atoms with Crippen LogP contribution in [0.5, 0.6) is 11.5 Å². The van der Waals surface area contributed by atoms with Gasteiger partial charge >= 0.3 is 0 Å². The number of fused-ring (bicyclic) bond motifs is 1. The molecule has 2 rings (SSSR count). The smallest absolute Gasteiger partial charge is 0.201 e. The predicted octanol–water partition coefficient (Wildman–Crippen LogP) is 2.69. The van der Waals surface area contributed by atoms with Crippen LogP contribution in [-0.4, -0.2) is 25.8 Å². The van der Waals surface area contributed by atoms with Gasteiger partial charge in [-0.15, -0.1) is 0 Å². The average molecular weight is 264 g/mol. The molecule has 1 aromatic carbocycles. The second-order valence-electron chi connectivity index (χ2n) is 4.93. The van der Waals surface area contributed by atoms with Crippen LogP contribution in [-0.2, 0) is 14.9 Å². The maximum atomic E-state index is 12.1. The van der Waals surface area contributed by atoms with Gasteiger partial charge in [0.1, 0.15) is 17.3 Å². The fourth-order valence-corrected chi connectivity index (χ4v) is 2.54. The van der Waals surface area contributed by atoms with E-state index in [-0.39, 0.29) is 5.78 Å². The minimum absolute atomic E-state index is 0.0891. The first-order valence-electron chi connectivity index (χ1n) is 6.49. The molecule has 0 amide bonds. The molecular formula is C15H20O4. The van der Waals surface area contributed by atoms with Gasteiger partial charge < -0.3 is 14.2 Å². The van der Waals surface area contributed by atoms with Gasteiger partial charge in [-0.25, -0.2) is 0 Å². The number of carbonyl (C=O) groups excluding carboxylic acids is 1. The normalized spacial score (nSPS) is 25.4. The van der Waals surface area contributed by atoms with E-state index in [1.807, 2.05) is 32.0 Å². The number of ketones is 1. The highest BCUT2D eigenvalue weighted by atomic mass is 16.7. The summed E-state index contributed by atoms with van der Waals surface area (Å²) in [4.78, 5) is 12.1. The van der Waals surface area contributed by atoms with Gasteiger partial charge in [0, 0.05) is 18.6 Å². The van der Waals surface area contributed by atoms with Crippen LogP contribution in [0.1, 0.15) is 32.8 Å². The molecule has 1 aliphatic rings. The molecule has 0 aliphatic carbocycles. The van der Waals surface area contributed by atoms with Gasteiger partial charge in [0.05, 0.1) is 12.5 Å². The summed E-state index contributed by atoms with van der Waals surface area (Å²) in [6.07, 6.45) is 0.113. The van der Waals surface area contributed by atoms with Crippen LogP contribution in [0, 0.1) is 0 Å². The molecule has 0 saturated carbocycles. The third kappa shape index (κ3) is 2.32. The molecule has 4 heteroatoms. The zero-order valence-electron chi connectivity index (χ0n) is 11.9. The highest BCUT2D eigenvalue weighted by molar-refractivity contribution is 5.89. The average Bonchev–Trinajstić information content (AvgIpc) is 2.38. The predicted molar refractivity (Wildman–Crippen MR) is 71.7 cm³/mol. The number of methoxy groups -OCH3 is 1. The lowest BCUT2D eigenvalue weighted by molar-refractivity contribution is -0.134. The summed E-state index contributed by atoms with van der Waals surface area (Å²) in [5, 5.41) is 0. The number of rotatable bonds is 4. The largest absolute Gasteiger partial charge is 0.496 e. The molecule has 0 aromatic heterocycles. The van der Waals surface area contributed by atoms with Gasteiger partial charge in [-0.05, 0) is 32.9 Å². The third-order valence-electron chi connectivity index (χ3n) is 3.72. The highest BCUT2D eigenvalue weighted by Crippen LogP contribution is 2.46. The van der Waals surface area contributed by atoms with Crippen LogP contribution in [0.4, 0.5) is 0 Å². The van der Waals surface area contributed by atoms with Crippen LogP contribution in [0.2, 0.25) is 0 Å². The minimum atomic E-state index is -0.639. The Kier molecular flexibility index (Phi) is 3.80. The van der Waals surface area contributed by atoms with Crippen LogP contribution in [0.25, 0.3) is 0 Å². The molecule has 0 radical (unpaired) electrons. The lowest BCUT2D eigenvalue weighted by Gasteiger charge is -2.38. The van der Waals surface area contributed by atoms with Crippen molar-refractivity contribution in [2.75, 3.05) is 13.7 Å². The zero-order valence-corrected chi connectivity index (χ0v) is 11.9. The molecule has 1 heterocycles. The number of hydrogen-bond donors (Lipinski definition) is 0. The van der Waals surface area contributed by atoms with Crippen LogP contribution < -0.4 is 9.47 Å². The second kappa shape index (κ2) is 5.21. The van der Waals surface area contributed by atoms with E-state index in [9.17, 15) is 4.79 Å². The van der Waals surface area contributed by atoms with Crippen molar-refractivity contribution in [1.82, 2.24) is 0 Å². The summed E-state index contributed by atoms with van der Waals surface area (Å²) in [5.41, 5.74) is 0.181. The molecule has 0 bridgehead atoms. The van der Waals surface area contributed by atoms with Gasteiger partial charge in [-0.3, -0.25) is 4.79 Å². The van der Waals surface area contributed by atoms with E-state index in [1.54, 1.807) is 14.0 Å². The number of carbonyl (C=O) groups is 1. The molecule has 19 heavy (non-hydrogen) atoms. The Morgan fingerprint density at radius 3 is 2.84 bits per heavy atom. The molecule has 2 atom stereocenters. The monoisotopic (exact) mass is 264 g/mol. The number of benzene rings is 1. The van der Waals surface area contributed by atoms with Crippen molar-refractivity contribution in [3.05, 3.63) is 23.8 Å². The molecule has 0 spiro atoms.